The van der Waals surface area contributed by atoms with Gasteiger partial charge in [-0.25, -0.2) is 0 Å². The third-order valence-corrected chi connectivity index (χ3v) is 15.4. The Kier molecular flexibility index (Phi) is 39.3. The van der Waals surface area contributed by atoms with Crippen LogP contribution in [0.5, 0.6) is 0 Å². The summed E-state index contributed by atoms with van der Waals surface area (Å²) in [5.41, 5.74) is 0. The quantitative estimate of drug-likeness (QED) is 0.0252. The van der Waals surface area contributed by atoms with Crippen molar-refractivity contribution in [3.05, 3.63) is 0 Å². The van der Waals surface area contributed by atoms with Crippen LogP contribution >= 0.6 is 0 Å². The number of aliphatic hydroxyl groups is 9. The van der Waals surface area contributed by atoms with Crippen molar-refractivity contribution in [1.82, 2.24) is 53.2 Å². The van der Waals surface area contributed by atoms with Crippen LogP contribution in [0.15, 0.2) is 0 Å². The molecule has 8 unspecified atom stereocenters. The number of hydrogen-bond donors (Lipinski definition) is 19. The van der Waals surface area contributed by atoms with Crippen molar-refractivity contribution in [3.63, 3.8) is 0 Å². The van der Waals surface area contributed by atoms with Gasteiger partial charge in [0.2, 0.25) is 53.2 Å². The second-order valence-electron chi connectivity index (χ2n) is 23.1. The summed E-state index contributed by atoms with van der Waals surface area (Å²) in [4.78, 5) is 127. The Morgan fingerprint density at radius 3 is 1.13 bits per heavy atom. The lowest BCUT2D eigenvalue weighted by Gasteiger charge is -2.42. The average molecular weight is 1340 g/mol. The number of nitrogens with one attached hydrogen (secondary N) is 10. The standard InChI is InChI=1S/C58H102N10O25/c1-32(72)65-45-51(83)48(80)38(29-69)91-56(45)88-21-15-9-5-6-12-18-35(75)26-63-55(87)37(25-41(76)62-27-43(78)60-19-13-7-10-16-22-89-57-46(66-33(2)73)52(84)49(81)39(30-70)92-57)68-42(77)24-36(59-4)54(86)64-28-44(79)61-20-14-8-11-17-23-90-58-47(67-34(3)74)53(85)50(82)40(31-71)93-58/h36-40,45-53,56-59,69-71,80-85H,5-31H2,1-4H3,(H,60,78)(H,61,79)(H,62,76)(H,63,87)(H,64,86)(H,65,72)(H,66,73)(H,67,74)(H,68,77)/t36?,37?,38?,39?,40?,45?,46?,47?,48-,49-,50-,51+,52+,53+,56+,57+,58+/m0/s1. The van der Waals surface area contributed by atoms with Crippen LogP contribution in [0.3, 0.4) is 0 Å². The fourth-order valence-electron chi connectivity index (χ4n) is 10.2. The summed E-state index contributed by atoms with van der Waals surface area (Å²) < 4.78 is 33.8. The first-order chi connectivity index (χ1) is 44.3. The lowest BCUT2D eigenvalue weighted by molar-refractivity contribution is -0.270. The van der Waals surface area contributed by atoms with E-state index < -0.39 is 209 Å². The minimum absolute atomic E-state index is 0.0698. The molecule has 0 radical (unpaired) electrons. The first kappa shape index (κ1) is 81.5. The molecule has 3 heterocycles. The number of unbranched alkanes of at least 4 members (excludes halogenated alkanes) is 10. The van der Waals surface area contributed by atoms with Crippen LogP contribution in [-0.2, 0) is 76.4 Å². The molecular weight excluding hydrogens is 1240 g/mol. The van der Waals surface area contributed by atoms with Crippen LogP contribution in [0.1, 0.15) is 124 Å². The van der Waals surface area contributed by atoms with Crippen molar-refractivity contribution < 1.29 is 122 Å². The van der Waals surface area contributed by atoms with Gasteiger partial charge in [0.25, 0.3) is 0 Å². The third kappa shape index (κ3) is 30.3. The lowest BCUT2D eigenvalue weighted by atomic mass is 9.97. The summed E-state index contributed by atoms with van der Waals surface area (Å²) in [5.74, 6) is -6.27. The molecule has 3 aliphatic rings. The summed E-state index contributed by atoms with van der Waals surface area (Å²) in [7, 11) is 1.38. The largest absolute Gasteiger partial charge is 0.394 e. The average Bonchev–Trinajstić information content (AvgIpc) is 1.55. The molecule has 0 aromatic rings. The van der Waals surface area contributed by atoms with E-state index in [1.165, 1.54) is 27.8 Å². The van der Waals surface area contributed by atoms with Gasteiger partial charge >= 0.3 is 0 Å². The van der Waals surface area contributed by atoms with E-state index >= 15 is 0 Å². The molecule has 19 N–H and O–H groups in total. The fourth-order valence-corrected chi connectivity index (χ4v) is 10.2. The highest BCUT2D eigenvalue weighted by Gasteiger charge is 2.48. The Morgan fingerprint density at radius 1 is 0.398 bits per heavy atom. The Labute approximate surface area is 539 Å². The first-order valence-electron chi connectivity index (χ1n) is 31.7. The topological polar surface area (TPSA) is 528 Å². The highest BCUT2D eigenvalue weighted by atomic mass is 16.7. The molecule has 0 bridgehead atoms. The van der Waals surface area contributed by atoms with Gasteiger partial charge in [-0.15, -0.1) is 0 Å². The number of Topliss-reactive ketones (excluding diaryl/α,β-unsaturated/α-hetero) is 1. The smallest absolute Gasteiger partial charge is 0.243 e. The van der Waals surface area contributed by atoms with Gasteiger partial charge in [-0.1, -0.05) is 44.9 Å². The predicted molar refractivity (Wildman–Crippen MR) is 323 cm³/mol. The van der Waals surface area contributed by atoms with Crippen LogP contribution in [0, 0.1) is 0 Å². The number of carbonyl (C=O) groups is 10. The summed E-state index contributed by atoms with van der Waals surface area (Å²) in [6.45, 7) is 1.46. The molecule has 9 amide bonds. The van der Waals surface area contributed by atoms with Gasteiger partial charge < -0.3 is 128 Å². The van der Waals surface area contributed by atoms with Crippen LogP contribution in [0.2, 0.25) is 0 Å². The van der Waals surface area contributed by atoms with Gasteiger partial charge in [0.05, 0.1) is 58.3 Å². The molecule has 17 atom stereocenters. The minimum atomic E-state index is -1.58. The van der Waals surface area contributed by atoms with E-state index in [1.54, 1.807) is 0 Å². The molecule has 0 saturated carbocycles. The molecule has 534 valence electrons. The third-order valence-electron chi connectivity index (χ3n) is 15.4. The molecule has 0 spiro atoms. The molecule has 3 saturated heterocycles. The SMILES string of the molecule is CNC(CC(=O)NC(CC(=O)NCC(=O)NCCCCCCO[C@@H]1OC(CO)[C@H](O)[C@H](O)C1NC(C)=O)C(=O)NCC(=O)CCCCCCCO[C@@H]1OC(CO)[C@H](O)[C@H](O)C1NC(C)=O)C(=O)NCC(=O)NCCCCCCO[C@@H]1OC(CO)[C@H](O)[C@H](O)C1NC(C)=O. The number of rotatable bonds is 45. The zero-order chi connectivity index (χ0) is 69.0. The van der Waals surface area contributed by atoms with Gasteiger partial charge in [0, 0.05) is 60.1 Å². The summed E-state index contributed by atoms with van der Waals surface area (Å²) in [6, 6.07) is -6.02. The Hall–Kier alpha value is -5.74. The molecule has 0 aromatic heterocycles. The predicted octanol–water partition coefficient (Wildman–Crippen LogP) is -7.67. The number of hydrogen-bond acceptors (Lipinski definition) is 26. The maximum absolute atomic E-state index is 13.6. The number of amides is 9. The summed E-state index contributed by atoms with van der Waals surface area (Å²) in [6.07, 6.45) is -8.98. The highest BCUT2D eigenvalue weighted by molar-refractivity contribution is 5.96. The Morgan fingerprint density at radius 2 is 0.742 bits per heavy atom. The summed E-state index contributed by atoms with van der Waals surface area (Å²) in [5, 5.41) is 116. The van der Waals surface area contributed by atoms with Gasteiger partial charge in [0.15, 0.2) is 24.7 Å². The van der Waals surface area contributed by atoms with Gasteiger partial charge in [-0.3, -0.25) is 47.9 Å². The number of carbonyl (C=O) groups excluding carboxylic acids is 10. The summed E-state index contributed by atoms with van der Waals surface area (Å²) >= 11 is 0. The maximum atomic E-state index is 13.6. The second kappa shape index (κ2) is 44.8. The number of aliphatic hydroxyl groups excluding tert-OH is 9. The van der Waals surface area contributed by atoms with E-state index in [9.17, 15) is 93.9 Å². The van der Waals surface area contributed by atoms with Crippen molar-refractivity contribution in [2.45, 2.75) is 228 Å². The molecule has 3 aliphatic heterocycles. The number of ketones is 1. The van der Waals surface area contributed by atoms with E-state index in [4.69, 9.17) is 28.4 Å². The number of likely N-dealkylation sites (N-methyl/N-ethyl adjacent to an activating group) is 1. The van der Waals surface area contributed by atoms with Crippen LogP contribution < -0.4 is 53.2 Å². The van der Waals surface area contributed by atoms with Gasteiger partial charge in [-0.2, -0.15) is 0 Å². The normalized spacial score (nSPS) is 26.7. The Bertz CT molecular complexity index is 2320. The van der Waals surface area contributed by atoms with Gasteiger partial charge in [0.1, 0.15) is 79.1 Å². The van der Waals surface area contributed by atoms with E-state index in [0.717, 1.165) is 0 Å². The van der Waals surface area contributed by atoms with Gasteiger partial charge in [-0.05, 0) is 45.6 Å². The highest BCUT2D eigenvalue weighted by Crippen LogP contribution is 2.26. The van der Waals surface area contributed by atoms with Crippen molar-refractivity contribution in [1.29, 1.82) is 0 Å². The molecule has 3 fully saturated rings. The molecule has 35 heteroatoms. The Balaban J connectivity index is 1.45. The monoisotopic (exact) mass is 1340 g/mol. The second-order valence-corrected chi connectivity index (χ2v) is 23.1. The maximum Gasteiger partial charge on any atom is 0.243 e. The molecule has 0 aromatic carbocycles. The zero-order valence-corrected chi connectivity index (χ0v) is 53.5. The molecular formula is C58H102N10O25. The van der Waals surface area contributed by atoms with E-state index in [2.05, 4.69) is 53.2 Å². The van der Waals surface area contributed by atoms with Crippen molar-refractivity contribution in [3.8, 4) is 0 Å². The number of ether oxygens (including phenoxy) is 6. The van der Waals surface area contributed by atoms with Crippen molar-refractivity contribution in [2.75, 3.05) is 79.4 Å². The lowest BCUT2D eigenvalue weighted by Crippen LogP contribution is -2.64. The minimum Gasteiger partial charge on any atom is -0.394 e. The molecule has 3 rings (SSSR count). The fraction of sp³-hybridized carbons (Fsp3) is 0.828. The van der Waals surface area contributed by atoms with E-state index in [-0.39, 0.29) is 45.1 Å². The first-order valence-corrected chi connectivity index (χ1v) is 31.7. The molecule has 0 aliphatic carbocycles. The molecule has 35 nitrogen and oxygen atoms in total. The van der Waals surface area contributed by atoms with Crippen LogP contribution in [0.4, 0.5) is 0 Å². The molecule has 93 heavy (non-hydrogen) atoms. The van der Waals surface area contributed by atoms with Crippen LogP contribution in [-0.4, -0.2) is 288 Å². The van der Waals surface area contributed by atoms with Crippen molar-refractivity contribution >= 4 is 58.9 Å². The van der Waals surface area contributed by atoms with E-state index in [1.807, 2.05) is 0 Å². The van der Waals surface area contributed by atoms with Crippen molar-refractivity contribution in [2.24, 2.45) is 0 Å². The van der Waals surface area contributed by atoms with Crippen LogP contribution in [0.25, 0.3) is 0 Å². The van der Waals surface area contributed by atoms with E-state index in [0.29, 0.717) is 83.5 Å². The zero-order valence-electron chi connectivity index (χ0n) is 53.5.